The number of hydrogen-bond donors (Lipinski definition) is 2. The molecule has 0 saturated carbocycles. The van der Waals surface area contributed by atoms with Crippen LogP contribution in [0.25, 0.3) is 0 Å². The molecule has 0 unspecified atom stereocenters. The zero-order valence-electron chi connectivity index (χ0n) is 11.4. The van der Waals surface area contributed by atoms with Gasteiger partial charge in [0.1, 0.15) is 12.1 Å². The minimum atomic E-state index is -0.611. The molecule has 1 aromatic heterocycles. The van der Waals surface area contributed by atoms with E-state index in [9.17, 15) is 9.18 Å². The molecule has 0 spiro atoms. The molecule has 0 fully saturated rings. The van der Waals surface area contributed by atoms with Gasteiger partial charge in [-0.25, -0.2) is 9.37 Å². The van der Waals surface area contributed by atoms with Crippen LogP contribution in [0.4, 0.5) is 4.39 Å². The molecule has 108 valence electrons. The summed E-state index contributed by atoms with van der Waals surface area (Å²) >= 11 is 0. The van der Waals surface area contributed by atoms with Crippen molar-refractivity contribution in [3.05, 3.63) is 47.3 Å². The van der Waals surface area contributed by atoms with Crippen molar-refractivity contribution in [3.63, 3.8) is 0 Å². The van der Waals surface area contributed by atoms with E-state index < -0.39 is 11.7 Å². The van der Waals surface area contributed by atoms with Gasteiger partial charge in [0.05, 0.1) is 18.7 Å². The number of aryl methyl sites for hydroxylation is 1. The Bertz CT molecular complexity index is 714. The zero-order valence-corrected chi connectivity index (χ0v) is 11.4. The molecule has 0 atom stereocenters. The van der Waals surface area contributed by atoms with Crippen molar-refractivity contribution >= 4 is 5.91 Å². The molecule has 3 N–H and O–H groups in total. The third kappa shape index (κ3) is 3.87. The lowest BCUT2D eigenvalue weighted by Crippen LogP contribution is -2.24. The van der Waals surface area contributed by atoms with Gasteiger partial charge in [-0.15, -0.1) is 0 Å². The number of hydrogen-bond acceptors (Lipinski definition) is 4. The van der Waals surface area contributed by atoms with Crippen LogP contribution in [-0.2, 0) is 13.6 Å². The molecule has 2 rings (SSSR count). The van der Waals surface area contributed by atoms with E-state index in [1.54, 1.807) is 7.05 Å². The molecule has 1 aromatic carbocycles. The Morgan fingerprint density at radius 3 is 3.00 bits per heavy atom. The summed E-state index contributed by atoms with van der Waals surface area (Å²) < 4.78 is 15.2. The SMILES string of the molecule is Cn1cnc(CNC(=O)c2cc(C#CCN)ccc2F)n1. The maximum Gasteiger partial charge on any atom is 0.254 e. The zero-order chi connectivity index (χ0) is 15.2. The van der Waals surface area contributed by atoms with Crippen molar-refractivity contribution < 1.29 is 9.18 Å². The maximum absolute atomic E-state index is 13.7. The Morgan fingerprint density at radius 2 is 2.33 bits per heavy atom. The lowest BCUT2D eigenvalue weighted by atomic mass is 10.1. The van der Waals surface area contributed by atoms with Crippen molar-refractivity contribution in [2.75, 3.05) is 6.54 Å². The smallest absolute Gasteiger partial charge is 0.254 e. The summed E-state index contributed by atoms with van der Waals surface area (Å²) in [4.78, 5) is 16.0. The van der Waals surface area contributed by atoms with Crippen LogP contribution in [0.1, 0.15) is 21.7 Å². The summed E-state index contributed by atoms with van der Waals surface area (Å²) in [6.07, 6.45) is 1.52. The molecule has 1 heterocycles. The number of halogens is 1. The monoisotopic (exact) mass is 287 g/mol. The summed E-state index contributed by atoms with van der Waals surface area (Å²) in [7, 11) is 1.72. The number of nitrogens with two attached hydrogens (primary N) is 1. The van der Waals surface area contributed by atoms with Gasteiger partial charge in [0.25, 0.3) is 5.91 Å². The van der Waals surface area contributed by atoms with Gasteiger partial charge in [0.2, 0.25) is 0 Å². The van der Waals surface area contributed by atoms with Crippen LogP contribution in [0.2, 0.25) is 0 Å². The third-order valence-electron chi connectivity index (χ3n) is 2.60. The number of aromatic nitrogens is 3. The highest BCUT2D eigenvalue weighted by Gasteiger charge is 2.12. The first-order valence-electron chi connectivity index (χ1n) is 6.21. The predicted octanol–water partition coefficient (Wildman–Crippen LogP) is 0.194. The van der Waals surface area contributed by atoms with Crippen molar-refractivity contribution in [1.29, 1.82) is 0 Å². The molecule has 0 radical (unpaired) electrons. The van der Waals surface area contributed by atoms with Crippen molar-refractivity contribution in [2.24, 2.45) is 12.8 Å². The average molecular weight is 287 g/mol. The van der Waals surface area contributed by atoms with E-state index >= 15 is 0 Å². The van der Waals surface area contributed by atoms with Crippen molar-refractivity contribution in [1.82, 2.24) is 20.1 Å². The molecule has 0 bridgehead atoms. The first-order valence-corrected chi connectivity index (χ1v) is 6.21. The van der Waals surface area contributed by atoms with Gasteiger partial charge < -0.3 is 11.1 Å². The quantitative estimate of drug-likeness (QED) is 0.789. The van der Waals surface area contributed by atoms with Crippen molar-refractivity contribution in [2.45, 2.75) is 6.54 Å². The van der Waals surface area contributed by atoms with Gasteiger partial charge in [0.15, 0.2) is 5.82 Å². The van der Waals surface area contributed by atoms with E-state index in [1.165, 1.54) is 29.2 Å². The van der Waals surface area contributed by atoms with Gasteiger partial charge in [-0.3, -0.25) is 9.48 Å². The topological polar surface area (TPSA) is 85.8 Å². The Morgan fingerprint density at radius 1 is 1.52 bits per heavy atom. The molecular weight excluding hydrogens is 273 g/mol. The summed E-state index contributed by atoms with van der Waals surface area (Å²) in [5, 5.41) is 6.58. The van der Waals surface area contributed by atoms with Crippen LogP contribution >= 0.6 is 0 Å². The first-order chi connectivity index (χ1) is 10.1. The fourth-order valence-corrected chi connectivity index (χ4v) is 1.65. The number of carbonyl (C=O) groups excluding carboxylic acids is 1. The number of nitrogens with one attached hydrogen (secondary N) is 1. The Kier molecular flexibility index (Phi) is 4.64. The lowest BCUT2D eigenvalue weighted by molar-refractivity contribution is 0.0946. The lowest BCUT2D eigenvalue weighted by Gasteiger charge is -2.04. The molecule has 0 aliphatic rings. The Labute approximate surface area is 121 Å². The second kappa shape index (κ2) is 6.63. The van der Waals surface area contributed by atoms with Crippen LogP contribution in [0.5, 0.6) is 0 Å². The second-order valence-electron chi connectivity index (χ2n) is 4.22. The molecule has 7 heteroatoms. The molecular formula is C14H14FN5O. The van der Waals surface area contributed by atoms with Crippen LogP contribution in [0.15, 0.2) is 24.5 Å². The Hall–Kier alpha value is -2.72. The number of amides is 1. The van der Waals surface area contributed by atoms with E-state index in [-0.39, 0.29) is 18.7 Å². The highest BCUT2D eigenvalue weighted by Crippen LogP contribution is 2.10. The molecule has 2 aromatic rings. The summed E-state index contributed by atoms with van der Waals surface area (Å²) in [5.41, 5.74) is 5.73. The predicted molar refractivity (Wildman–Crippen MR) is 74.5 cm³/mol. The van der Waals surface area contributed by atoms with Gasteiger partial charge in [-0.1, -0.05) is 11.8 Å². The molecule has 21 heavy (non-hydrogen) atoms. The second-order valence-corrected chi connectivity index (χ2v) is 4.22. The third-order valence-corrected chi connectivity index (χ3v) is 2.60. The van der Waals surface area contributed by atoms with E-state index in [2.05, 4.69) is 27.2 Å². The van der Waals surface area contributed by atoms with E-state index in [0.717, 1.165) is 0 Å². The standard InChI is InChI=1S/C14H14FN5O/c1-20-9-18-13(19-20)8-17-14(21)11-7-10(3-2-6-16)4-5-12(11)15/h4-5,7,9H,6,8,16H2,1H3,(H,17,21). The summed E-state index contributed by atoms with van der Waals surface area (Å²) in [6, 6.07) is 4.09. The number of rotatable bonds is 3. The van der Waals surface area contributed by atoms with Gasteiger partial charge in [0, 0.05) is 12.6 Å². The summed E-state index contributed by atoms with van der Waals surface area (Å²) in [5.74, 6) is 4.70. The Balaban J connectivity index is 2.10. The molecule has 0 aliphatic heterocycles. The maximum atomic E-state index is 13.7. The number of carbonyl (C=O) groups is 1. The molecule has 0 aliphatic carbocycles. The minimum Gasteiger partial charge on any atom is -0.345 e. The largest absolute Gasteiger partial charge is 0.345 e. The van der Waals surface area contributed by atoms with E-state index in [0.29, 0.717) is 11.4 Å². The van der Waals surface area contributed by atoms with Gasteiger partial charge in [-0.05, 0) is 18.2 Å². The van der Waals surface area contributed by atoms with Crippen LogP contribution in [-0.4, -0.2) is 27.2 Å². The van der Waals surface area contributed by atoms with Crippen molar-refractivity contribution in [3.8, 4) is 11.8 Å². The highest BCUT2D eigenvalue weighted by atomic mass is 19.1. The number of benzene rings is 1. The van der Waals surface area contributed by atoms with Crippen LogP contribution < -0.4 is 11.1 Å². The van der Waals surface area contributed by atoms with Gasteiger partial charge >= 0.3 is 0 Å². The summed E-state index contributed by atoms with van der Waals surface area (Å²) in [6.45, 7) is 0.321. The number of nitrogens with zero attached hydrogens (tertiary/aromatic N) is 3. The van der Waals surface area contributed by atoms with Crippen LogP contribution in [0, 0.1) is 17.7 Å². The molecule has 6 nitrogen and oxygen atoms in total. The molecule has 1 amide bonds. The average Bonchev–Trinajstić information content (AvgIpc) is 2.89. The van der Waals surface area contributed by atoms with E-state index in [4.69, 9.17) is 5.73 Å². The van der Waals surface area contributed by atoms with Crippen LogP contribution in [0.3, 0.4) is 0 Å². The van der Waals surface area contributed by atoms with Gasteiger partial charge in [-0.2, -0.15) is 5.10 Å². The fraction of sp³-hybridized carbons (Fsp3) is 0.214. The highest BCUT2D eigenvalue weighted by molar-refractivity contribution is 5.94. The fourth-order valence-electron chi connectivity index (χ4n) is 1.65. The normalized spacial score (nSPS) is 9.86. The minimum absolute atomic E-state index is 0.0743. The molecule has 0 saturated heterocycles. The first kappa shape index (κ1) is 14.7. The van der Waals surface area contributed by atoms with E-state index in [1.807, 2.05) is 0 Å².